The van der Waals surface area contributed by atoms with E-state index in [2.05, 4.69) is 4.98 Å². The van der Waals surface area contributed by atoms with Crippen molar-refractivity contribution in [2.24, 2.45) is 0 Å². The molecule has 1 aromatic carbocycles. The highest BCUT2D eigenvalue weighted by molar-refractivity contribution is 7.25. The molecular formula is C11H7NO2S. The number of aromatic nitrogens is 1. The molecule has 2 aromatic heterocycles. The van der Waals surface area contributed by atoms with Crippen LogP contribution in [-0.4, -0.2) is 4.98 Å². The molecule has 0 spiro atoms. The second kappa shape index (κ2) is 2.90. The third kappa shape index (κ3) is 1.18. The van der Waals surface area contributed by atoms with Gasteiger partial charge in [-0.3, -0.25) is 0 Å². The van der Waals surface area contributed by atoms with Crippen molar-refractivity contribution in [2.75, 3.05) is 0 Å². The van der Waals surface area contributed by atoms with Crippen molar-refractivity contribution in [1.29, 1.82) is 0 Å². The van der Waals surface area contributed by atoms with Gasteiger partial charge in [0.25, 0.3) is 0 Å². The lowest BCUT2D eigenvalue weighted by Crippen LogP contribution is -2.00. The SMILES string of the molecule is Cc1nc2sc3ccccc3c2c(=O)o1. The number of aryl methyl sites for hydroxylation is 1. The van der Waals surface area contributed by atoms with E-state index in [0.717, 1.165) is 14.9 Å². The molecule has 3 nitrogen and oxygen atoms in total. The molecule has 0 amide bonds. The summed E-state index contributed by atoms with van der Waals surface area (Å²) in [5, 5.41) is 1.53. The smallest absolute Gasteiger partial charge is 0.348 e. The molecule has 0 N–H and O–H groups in total. The molecule has 0 saturated carbocycles. The van der Waals surface area contributed by atoms with Crippen LogP contribution in [0.3, 0.4) is 0 Å². The zero-order chi connectivity index (χ0) is 10.4. The van der Waals surface area contributed by atoms with Crippen LogP contribution in [0, 0.1) is 6.92 Å². The van der Waals surface area contributed by atoms with E-state index in [9.17, 15) is 4.79 Å². The highest BCUT2D eigenvalue weighted by atomic mass is 32.1. The maximum Gasteiger partial charge on any atom is 0.348 e. The van der Waals surface area contributed by atoms with Gasteiger partial charge in [-0.15, -0.1) is 11.3 Å². The molecule has 3 aromatic rings. The molecule has 0 aliphatic carbocycles. The van der Waals surface area contributed by atoms with Gasteiger partial charge in [-0.05, 0) is 6.07 Å². The summed E-state index contributed by atoms with van der Waals surface area (Å²) in [5.74, 6) is 0.416. The quantitative estimate of drug-likeness (QED) is 0.581. The Morgan fingerprint density at radius 2 is 2.13 bits per heavy atom. The average Bonchev–Trinajstić information content (AvgIpc) is 2.54. The van der Waals surface area contributed by atoms with E-state index in [4.69, 9.17) is 4.42 Å². The van der Waals surface area contributed by atoms with Crippen LogP contribution in [0.15, 0.2) is 33.5 Å². The number of benzene rings is 1. The first kappa shape index (κ1) is 8.61. The Kier molecular flexibility index (Phi) is 1.67. The largest absolute Gasteiger partial charge is 0.408 e. The van der Waals surface area contributed by atoms with Gasteiger partial charge in [0.05, 0.1) is 0 Å². The summed E-state index contributed by atoms with van der Waals surface area (Å²) in [4.78, 5) is 16.7. The van der Waals surface area contributed by atoms with Crippen LogP contribution in [-0.2, 0) is 0 Å². The lowest BCUT2D eigenvalue weighted by molar-refractivity contribution is 0.468. The number of thiophene rings is 1. The van der Waals surface area contributed by atoms with E-state index in [1.165, 1.54) is 11.3 Å². The summed E-state index contributed by atoms with van der Waals surface area (Å²) < 4.78 is 6.06. The Labute approximate surface area is 89.0 Å². The van der Waals surface area contributed by atoms with Crippen molar-refractivity contribution in [2.45, 2.75) is 6.92 Å². The minimum Gasteiger partial charge on any atom is -0.408 e. The standard InChI is InChI=1S/C11H7NO2S/c1-6-12-10-9(11(13)14-6)7-4-2-3-5-8(7)15-10/h2-5H,1H3. The van der Waals surface area contributed by atoms with Crippen molar-refractivity contribution < 1.29 is 4.42 Å². The Balaban J connectivity index is 2.67. The van der Waals surface area contributed by atoms with Crippen molar-refractivity contribution in [3.05, 3.63) is 40.6 Å². The number of hydrogen-bond donors (Lipinski definition) is 0. The molecule has 3 rings (SSSR count). The predicted molar refractivity (Wildman–Crippen MR) is 60.4 cm³/mol. The highest BCUT2D eigenvalue weighted by Gasteiger charge is 2.10. The molecule has 0 aliphatic rings. The topological polar surface area (TPSA) is 43.1 Å². The summed E-state index contributed by atoms with van der Waals surface area (Å²) in [6.45, 7) is 1.69. The third-order valence-corrected chi connectivity index (χ3v) is 3.35. The second-order valence-electron chi connectivity index (χ2n) is 3.30. The Hall–Kier alpha value is -1.68. The summed E-state index contributed by atoms with van der Waals surface area (Å²) in [6.07, 6.45) is 0. The summed E-state index contributed by atoms with van der Waals surface area (Å²) >= 11 is 1.52. The van der Waals surface area contributed by atoms with Gasteiger partial charge < -0.3 is 4.42 Å². The summed E-state index contributed by atoms with van der Waals surface area (Å²) in [6, 6.07) is 7.76. The monoisotopic (exact) mass is 217 g/mol. The van der Waals surface area contributed by atoms with Crippen LogP contribution in [0.25, 0.3) is 20.3 Å². The number of fused-ring (bicyclic) bond motifs is 3. The maximum absolute atomic E-state index is 11.7. The molecule has 0 fully saturated rings. The molecule has 0 bridgehead atoms. The van der Waals surface area contributed by atoms with Crippen LogP contribution in [0.2, 0.25) is 0 Å². The lowest BCUT2D eigenvalue weighted by Gasteiger charge is -1.90. The van der Waals surface area contributed by atoms with E-state index in [0.29, 0.717) is 11.3 Å². The molecule has 0 unspecified atom stereocenters. The van der Waals surface area contributed by atoms with Crippen LogP contribution in [0.5, 0.6) is 0 Å². The van der Waals surface area contributed by atoms with Crippen molar-refractivity contribution >= 4 is 31.6 Å². The van der Waals surface area contributed by atoms with Gasteiger partial charge in [-0.1, -0.05) is 18.2 Å². The van der Waals surface area contributed by atoms with Gasteiger partial charge in [0, 0.05) is 17.0 Å². The first-order valence-corrected chi connectivity index (χ1v) is 5.36. The number of rotatable bonds is 0. The van der Waals surface area contributed by atoms with Gasteiger partial charge >= 0.3 is 5.63 Å². The fourth-order valence-corrected chi connectivity index (χ4v) is 2.76. The van der Waals surface area contributed by atoms with E-state index < -0.39 is 0 Å². The van der Waals surface area contributed by atoms with Gasteiger partial charge in [0.1, 0.15) is 10.2 Å². The fourth-order valence-electron chi connectivity index (χ4n) is 1.66. The first-order valence-electron chi connectivity index (χ1n) is 4.55. The van der Waals surface area contributed by atoms with Crippen LogP contribution in [0.4, 0.5) is 0 Å². The van der Waals surface area contributed by atoms with Gasteiger partial charge in [-0.25, -0.2) is 9.78 Å². The maximum atomic E-state index is 11.7. The van der Waals surface area contributed by atoms with Gasteiger partial charge in [0.2, 0.25) is 0 Å². The second-order valence-corrected chi connectivity index (χ2v) is 4.33. The molecule has 15 heavy (non-hydrogen) atoms. The summed E-state index contributed by atoms with van der Waals surface area (Å²) in [7, 11) is 0. The Morgan fingerprint density at radius 3 is 3.00 bits per heavy atom. The van der Waals surface area contributed by atoms with Crippen molar-refractivity contribution in [1.82, 2.24) is 4.98 Å². The Bertz CT molecular complexity index is 711. The summed E-state index contributed by atoms with van der Waals surface area (Å²) in [5.41, 5.74) is -0.296. The molecule has 0 aliphatic heterocycles. The molecule has 0 radical (unpaired) electrons. The third-order valence-electron chi connectivity index (χ3n) is 2.28. The molecular weight excluding hydrogens is 210 g/mol. The number of hydrogen-bond acceptors (Lipinski definition) is 4. The van der Waals surface area contributed by atoms with Crippen LogP contribution >= 0.6 is 11.3 Å². The molecule has 4 heteroatoms. The zero-order valence-corrected chi connectivity index (χ0v) is 8.80. The van der Waals surface area contributed by atoms with Crippen molar-refractivity contribution in [3.8, 4) is 0 Å². The van der Waals surface area contributed by atoms with E-state index in [1.807, 2.05) is 24.3 Å². The van der Waals surface area contributed by atoms with E-state index in [1.54, 1.807) is 6.92 Å². The van der Waals surface area contributed by atoms with E-state index >= 15 is 0 Å². The first-order chi connectivity index (χ1) is 7.25. The van der Waals surface area contributed by atoms with Crippen molar-refractivity contribution in [3.63, 3.8) is 0 Å². The van der Waals surface area contributed by atoms with Crippen LogP contribution < -0.4 is 5.63 Å². The zero-order valence-electron chi connectivity index (χ0n) is 7.98. The fraction of sp³-hybridized carbons (Fsp3) is 0.0909. The molecule has 0 atom stereocenters. The minimum absolute atomic E-state index is 0.296. The van der Waals surface area contributed by atoms with E-state index in [-0.39, 0.29) is 5.63 Å². The van der Waals surface area contributed by atoms with Gasteiger partial charge in [0.15, 0.2) is 5.89 Å². The molecule has 0 saturated heterocycles. The highest BCUT2D eigenvalue weighted by Crippen LogP contribution is 2.29. The predicted octanol–water partition coefficient (Wildman–Crippen LogP) is 2.71. The normalized spacial score (nSPS) is 11.3. The lowest BCUT2D eigenvalue weighted by atomic mass is 10.2. The minimum atomic E-state index is -0.296. The Morgan fingerprint density at radius 1 is 1.33 bits per heavy atom. The molecule has 74 valence electrons. The van der Waals surface area contributed by atoms with Crippen LogP contribution in [0.1, 0.15) is 5.89 Å². The number of nitrogens with zero attached hydrogens (tertiary/aromatic N) is 1. The average molecular weight is 217 g/mol. The van der Waals surface area contributed by atoms with Gasteiger partial charge in [-0.2, -0.15) is 0 Å². The molecule has 2 heterocycles.